The maximum absolute atomic E-state index is 9.71. The van der Waals surface area contributed by atoms with Crippen molar-refractivity contribution in [3.05, 3.63) is 12.2 Å². The van der Waals surface area contributed by atoms with Gasteiger partial charge in [0.05, 0.1) is 5.60 Å². The average Bonchev–Trinajstić information content (AvgIpc) is 2.51. The highest BCUT2D eigenvalue weighted by Gasteiger charge is 2.21. The van der Waals surface area contributed by atoms with Crippen LogP contribution in [0.25, 0.3) is 0 Å². The smallest absolute Gasteiger partial charge is 0.135 e. The number of aliphatic hydroxyl groups is 1. The SMILES string of the molecule is CCn1cnnc1CC(C)(O)CN. The summed E-state index contributed by atoms with van der Waals surface area (Å²) in [5.74, 6) is 0.776. The molecule has 1 heterocycles. The number of nitrogens with two attached hydrogens (primary N) is 1. The molecule has 0 saturated heterocycles. The van der Waals surface area contributed by atoms with E-state index in [0.717, 1.165) is 12.4 Å². The molecule has 1 rings (SSSR count). The summed E-state index contributed by atoms with van der Waals surface area (Å²) in [6, 6.07) is 0. The van der Waals surface area contributed by atoms with E-state index >= 15 is 0 Å². The second-order valence-corrected chi connectivity index (χ2v) is 3.41. The standard InChI is InChI=1S/C8H16N4O/c1-3-12-6-10-11-7(12)4-8(2,13)5-9/h6,13H,3-5,9H2,1-2H3. The van der Waals surface area contributed by atoms with Gasteiger partial charge in [-0.3, -0.25) is 0 Å². The van der Waals surface area contributed by atoms with Gasteiger partial charge in [0.15, 0.2) is 0 Å². The van der Waals surface area contributed by atoms with E-state index in [1.807, 2.05) is 11.5 Å². The number of hydrogen-bond donors (Lipinski definition) is 2. The molecule has 0 aromatic carbocycles. The van der Waals surface area contributed by atoms with Crippen LogP contribution in [-0.2, 0) is 13.0 Å². The molecule has 1 unspecified atom stereocenters. The second kappa shape index (κ2) is 3.85. The Labute approximate surface area is 77.6 Å². The Hall–Kier alpha value is -0.940. The molecule has 0 amide bonds. The molecule has 1 aromatic heterocycles. The molecule has 0 spiro atoms. The summed E-state index contributed by atoms with van der Waals surface area (Å²) in [5, 5.41) is 17.4. The molecule has 0 bridgehead atoms. The largest absolute Gasteiger partial charge is 0.388 e. The minimum Gasteiger partial charge on any atom is -0.388 e. The Morgan fingerprint density at radius 3 is 2.92 bits per heavy atom. The van der Waals surface area contributed by atoms with Crippen LogP contribution < -0.4 is 5.73 Å². The zero-order valence-corrected chi connectivity index (χ0v) is 8.06. The molecule has 0 fully saturated rings. The van der Waals surface area contributed by atoms with Crippen LogP contribution in [0.3, 0.4) is 0 Å². The Morgan fingerprint density at radius 2 is 2.38 bits per heavy atom. The number of aryl methyl sites for hydroxylation is 1. The van der Waals surface area contributed by atoms with Crippen LogP contribution in [0.15, 0.2) is 6.33 Å². The van der Waals surface area contributed by atoms with Crippen molar-refractivity contribution in [2.45, 2.75) is 32.4 Å². The summed E-state index contributed by atoms with van der Waals surface area (Å²) in [6.07, 6.45) is 2.10. The van der Waals surface area contributed by atoms with Crippen LogP contribution in [0.1, 0.15) is 19.7 Å². The van der Waals surface area contributed by atoms with Gasteiger partial charge >= 0.3 is 0 Å². The Balaban J connectivity index is 2.73. The maximum Gasteiger partial charge on any atom is 0.135 e. The molecule has 74 valence electrons. The van der Waals surface area contributed by atoms with E-state index < -0.39 is 5.60 Å². The highest BCUT2D eigenvalue weighted by atomic mass is 16.3. The van der Waals surface area contributed by atoms with Crippen LogP contribution in [0, 0.1) is 0 Å². The first-order valence-electron chi connectivity index (χ1n) is 4.38. The predicted octanol–water partition coefficient (Wildman–Crippen LogP) is -0.450. The van der Waals surface area contributed by atoms with E-state index in [1.165, 1.54) is 0 Å². The number of rotatable bonds is 4. The highest BCUT2D eigenvalue weighted by molar-refractivity contribution is 4.93. The molecule has 0 aliphatic carbocycles. The van der Waals surface area contributed by atoms with Crippen molar-refractivity contribution in [2.24, 2.45) is 5.73 Å². The van der Waals surface area contributed by atoms with E-state index in [4.69, 9.17) is 5.73 Å². The molecular formula is C8H16N4O. The summed E-state index contributed by atoms with van der Waals surface area (Å²) < 4.78 is 1.89. The Morgan fingerprint density at radius 1 is 1.69 bits per heavy atom. The Kier molecular flexibility index (Phi) is 3.00. The predicted molar refractivity (Wildman–Crippen MR) is 49.1 cm³/mol. The summed E-state index contributed by atoms with van der Waals surface area (Å²) in [4.78, 5) is 0. The molecule has 0 aliphatic heterocycles. The fourth-order valence-electron chi connectivity index (χ4n) is 1.09. The first-order valence-corrected chi connectivity index (χ1v) is 4.38. The lowest BCUT2D eigenvalue weighted by atomic mass is 10.0. The lowest BCUT2D eigenvalue weighted by Crippen LogP contribution is -2.37. The molecule has 1 atom stereocenters. The third-order valence-electron chi connectivity index (χ3n) is 2.02. The van der Waals surface area contributed by atoms with Gasteiger partial charge in [-0.1, -0.05) is 0 Å². The van der Waals surface area contributed by atoms with E-state index in [1.54, 1.807) is 13.3 Å². The van der Waals surface area contributed by atoms with Crippen molar-refractivity contribution in [1.82, 2.24) is 14.8 Å². The summed E-state index contributed by atoms with van der Waals surface area (Å²) in [5.41, 5.74) is 4.52. The van der Waals surface area contributed by atoms with Gasteiger partial charge in [-0.15, -0.1) is 10.2 Å². The molecule has 0 aliphatic rings. The van der Waals surface area contributed by atoms with Crippen LogP contribution in [0.5, 0.6) is 0 Å². The maximum atomic E-state index is 9.71. The van der Waals surface area contributed by atoms with Crippen LogP contribution in [0.4, 0.5) is 0 Å². The van der Waals surface area contributed by atoms with Gasteiger partial charge < -0.3 is 15.4 Å². The van der Waals surface area contributed by atoms with Gasteiger partial charge in [-0.05, 0) is 13.8 Å². The van der Waals surface area contributed by atoms with Gasteiger partial charge in [-0.25, -0.2) is 0 Å². The first kappa shape index (κ1) is 10.1. The fraction of sp³-hybridized carbons (Fsp3) is 0.750. The lowest BCUT2D eigenvalue weighted by molar-refractivity contribution is 0.0665. The minimum atomic E-state index is -0.889. The normalized spacial score (nSPS) is 15.7. The van der Waals surface area contributed by atoms with Gasteiger partial charge in [0.1, 0.15) is 12.2 Å². The summed E-state index contributed by atoms with van der Waals surface area (Å²) in [7, 11) is 0. The van der Waals surface area contributed by atoms with Crippen molar-refractivity contribution >= 4 is 0 Å². The molecule has 5 nitrogen and oxygen atoms in total. The van der Waals surface area contributed by atoms with Gasteiger partial charge in [0.2, 0.25) is 0 Å². The molecule has 3 N–H and O–H groups in total. The molecule has 1 aromatic rings. The molecule has 0 saturated carbocycles. The van der Waals surface area contributed by atoms with E-state index in [2.05, 4.69) is 10.2 Å². The topological polar surface area (TPSA) is 77.0 Å². The average molecular weight is 184 g/mol. The number of hydrogen-bond acceptors (Lipinski definition) is 4. The quantitative estimate of drug-likeness (QED) is 0.664. The van der Waals surface area contributed by atoms with Crippen LogP contribution in [0.2, 0.25) is 0 Å². The van der Waals surface area contributed by atoms with E-state index in [-0.39, 0.29) is 6.54 Å². The molecule has 13 heavy (non-hydrogen) atoms. The Bertz CT molecular complexity index is 269. The van der Waals surface area contributed by atoms with Gasteiger partial charge in [0.25, 0.3) is 0 Å². The highest BCUT2D eigenvalue weighted by Crippen LogP contribution is 2.09. The third kappa shape index (κ3) is 2.50. The van der Waals surface area contributed by atoms with Crippen molar-refractivity contribution in [3.8, 4) is 0 Å². The monoisotopic (exact) mass is 184 g/mol. The molecule has 5 heteroatoms. The summed E-state index contributed by atoms with van der Waals surface area (Å²) >= 11 is 0. The minimum absolute atomic E-state index is 0.226. The van der Waals surface area contributed by atoms with Crippen molar-refractivity contribution in [2.75, 3.05) is 6.54 Å². The van der Waals surface area contributed by atoms with Crippen LogP contribution in [-0.4, -0.2) is 32.0 Å². The van der Waals surface area contributed by atoms with Crippen molar-refractivity contribution in [1.29, 1.82) is 0 Å². The fourth-order valence-corrected chi connectivity index (χ4v) is 1.09. The summed E-state index contributed by atoms with van der Waals surface area (Å²) in [6.45, 7) is 4.73. The van der Waals surface area contributed by atoms with Crippen molar-refractivity contribution < 1.29 is 5.11 Å². The number of aromatic nitrogens is 3. The lowest BCUT2D eigenvalue weighted by Gasteiger charge is -2.20. The third-order valence-corrected chi connectivity index (χ3v) is 2.02. The second-order valence-electron chi connectivity index (χ2n) is 3.41. The first-order chi connectivity index (χ1) is 6.09. The molecular weight excluding hydrogens is 168 g/mol. The molecule has 0 radical (unpaired) electrons. The van der Waals surface area contributed by atoms with Crippen molar-refractivity contribution in [3.63, 3.8) is 0 Å². The number of nitrogens with zero attached hydrogens (tertiary/aromatic N) is 3. The van der Waals surface area contributed by atoms with Crippen LogP contribution >= 0.6 is 0 Å². The zero-order valence-electron chi connectivity index (χ0n) is 8.06. The van der Waals surface area contributed by atoms with Gasteiger partial charge in [-0.2, -0.15) is 0 Å². The zero-order chi connectivity index (χ0) is 9.90. The van der Waals surface area contributed by atoms with E-state index in [9.17, 15) is 5.11 Å². The van der Waals surface area contributed by atoms with Gasteiger partial charge in [0, 0.05) is 19.5 Å². The van der Waals surface area contributed by atoms with E-state index in [0.29, 0.717) is 6.42 Å².